The molecule has 0 aliphatic carbocycles. The molecule has 0 saturated heterocycles. The van der Waals surface area contributed by atoms with Crippen molar-refractivity contribution in [2.75, 3.05) is 0 Å². The highest BCUT2D eigenvalue weighted by molar-refractivity contribution is 6.09. The van der Waals surface area contributed by atoms with Crippen molar-refractivity contribution in [2.45, 2.75) is 25.7 Å². The van der Waals surface area contributed by atoms with Crippen LogP contribution in [0.25, 0.3) is 0 Å². The van der Waals surface area contributed by atoms with Crippen LogP contribution in [0.15, 0.2) is 30.3 Å². The molecule has 0 radical (unpaired) electrons. The van der Waals surface area contributed by atoms with Crippen LogP contribution in [0.3, 0.4) is 0 Å². The molecule has 4 N–H and O–H groups in total. The summed E-state index contributed by atoms with van der Waals surface area (Å²) in [4.78, 5) is 69.6. The van der Waals surface area contributed by atoms with Crippen LogP contribution in [0.5, 0.6) is 0 Å². The van der Waals surface area contributed by atoms with Gasteiger partial charge in [0.2, 0.25) is 0 Å². The second kappa shape index (κ2) is 10.7. The summed E-state index contributed by atoms with van der Waals surface area (Å²) in [5.74, 6) is -15.1. The minimum Gasteiger partial charge on any atom is -0.481 e. The van der Waals surface area contributed by atoms with Gasteiger partial charge in [-0.3, -0.25) is 28.8 Å². The number of hydrogen-bond acceptors (Lipinski definition) is 6. The number of Topliss-reactive ketones (excluding diaryl/α,β-unsaturated/α-hetero) is 2. The normalized spacial score (nSPS) is 12.7. The molecule has 2 atom stereocenters. The monoisotopic (exact) mass is 408 g/mol. The van der Waals surface area contributed by atoms with Crippen molar-refractivity contribution < 1.29 is 49.2 Å². The van der Waals surface area contributed by atoms with Crippen molar-refractivity contribution in [2.24, 2.45) is 17.8 Å². The fourth-order valence-electron chi connectivity index (χ4n) is 3.14. The van der Waals surface area contributed by atoms with Gasteiger partial charge in [0.25, 0.3) is 0 Å². The van der Waals surface area contributed by atoms with E-state index in [4.69, 9.17) is 10.2 Å². The van der Waals surface area contributed by atoms with E-state index in [1.54, 1.807) is 30.3 Å². The Morgan fingerprint density at radius 3 is 1.45 bits per heavy atom. The lowest BCUT2D eigenvalue weighted by Crippen LogP contribution is -2.43. The molecule has 0 unspecified atom stereocenters. The van der Waals surface area contributed by atoms with E-state index in [0.29, 0.717) is 5.56 Å². The molecule has 0 bridgehead atoms. The molecule has 1 aromatic rings. The Kier molecular flexibility index (Phi) is 8.66. The summed E-state index contributed by atoms with van der Waals surface area (Å²) in [5.41, 5.74) is 0.669. The number of hydrogen-bond donors (Lipinski definition) is 4. The first-order valence-electron chi connectivity index (χ1n) is 8.53. The zero-order valence-electron chi connectivity index (χ0n) is 15.2. The Labute approximate surface area is 164 Å². The first-order valence-corrected chi connectivity index (χ1v) is 8.53. The van der Waals surface area contributed by atoms with Crippen LogP contribution < -0.4 is 0 Å². The summed E-state index contributed by atoms with van der Waals surface area (Å²) in [5, 5.41) is 36.6. The van der Waals surface area contributed by atoms with Crippen molar-refractivity contribution in [3.63, 3.8) is 0 Å². The van der Waals surface area contributed by atoms with Crippen LogP contribution in [0.1, 0.15) is 24.8 Å². The summed E-state index contributed by atoms with van der Waals surface area (Å²) >= 11 is 0. The SMILES string of the molecule is O=C(O)CC(=O)[C@@H](C(=O)O)C(CCc1ccccc1)[C@H](C(=O)O)C(=O)CC(=O)O. The summed E-state index contributed by atoms with van der Waals surface area (Å²) < 4.78 is 0. The largest absolute Gasteiger partial charge is 0.481 e. The third kappa shape index (κ3) is 7.17. The summed E-state index contributed by atoms with van der Waals surface area (Å²) in [6.45, 7) is 0. The lowest BCUT2D eigenvalue weighted by Gasteiger charge is -2.27. The average Bonchev–Trinajstić information content (AvgIpc) is 2.58. The predicted octanol–water partition coefficient (Wildman–Crippen LogP) is 0.725. The molecule has 0 aromatic heterocycles. The van der Waals surface area contributed by atoms with Crippen LogP contribution in [-0.4, -0.2) is 55.9 Å². The van der Waals surface area contributed by atoms with Crippen LogP contribution in [0.4, 0.5) is 0 Å². The van der Waals surface area contributed by atoms with Gasteiger partial charge in [0.1, 0.15) is 24.7 Å². The van der Waals surface area contributed by atoms with Gasteiger partial charge < -0.3 is 20.4 Å². The Morgan fingerprint density at radius 1 is 0.690 bits per heavy atom. The third-order valence-corrected chi connectivity index (χ3v) is 4.34. The van der Waals surface area contributed by atoms with Crippen molar-refractivity contribution >= 4 is 35.4 Å². The minimum atomic E-state index is -2.09. The van der Waals surface area contributed by atoms with Crippen molar-refractivity contribution in [3.05, 3.63) is 35.9 Å². The fraction of sp³-hybridized carbons (Fsp3) is 0.368. The van der Waals surface area contributed by atoms with Gasteiger partial charge in [-0.25, -0.2) is 0 Å². The van der Waals surface area contributed by atoms with E-state index in [0.717, 1.165) is 0 Å². The number of aliphatic carboxylic acids is 4. The maximum absolute atomic E-state index is 12.2. The zero-order valence-corrected chi connectivity index (χ0v) is 15.2. The Balaban J connectivity index is 3.35. The quantitative estimate of drug-likeness (QED) is 0.339. The van der Waals surface area contributed by atoms with Gasteiger partial charge in [-0.15, -0.1) is 0 Å². The van der Waals surface area contributed by atoms with E-state index in [1.807, 2.05) is 0 Å². The molecular weight excluding hydrogens is 388 g/mol. The second-order valence-electron chi connectivity index (χ2n) is 6.39. The van der Waals surface area contributed by atoms with Gasteiger partial charge in [0.15, 0.2) is 11.6 Å². The van der Waals surface area contributed by atoms with E-state index >= 15 is 0 Å². The average molecular weight is 408 g/mol. The number of benzene rings is 1. The predicted molar refractivity (Wildman–Crippen MR) is 95.0 cm³/mol. The molecule has 1 aromatic carbocycles. The standard InChI is InChI=1S/C19H20O10/c20-12(8-14(22)23)16(18(26)27)11(7-6-10-4-2-1-3-5-10)17(19(28)29)13(21)9-15(24)25/h1-5,11,16-17H,6-9H2,(H,22,23)(H,24,25)(H,26,27)(H,28,29)/t16-,17-/m0/s1. The molecule has 1 rings (SSSR count). The van der Waals surface area contributed by atoms with Crippen LogP contribution in [0.2, 0.25) is 0 Å². The number of ketones is 2. The van der Waals surface area contributed by atoms with Crippen LogP contribution in [-0.2, 0) is 35.2 Å². The molecule has 0 aliphatic rings. The molecule has 0 heterocycles. The first-order chi connectivity index (χ1) is 13.5. The molecule has 29 heavy (non-hydrogen) atoms. The fourth-order valence-corrected chi connectivity index (χ4v) is 3.14. The number of carboxylic acid groups (broad SMARTS) is 4. The smallest absolute Gasteiger partial charge is 0.314 e. The van der Waals surface area contributed by atoms with Crippen LogP contribution >= 0.6 is 0 Å². The Bertz CT molecular complexity index is 752. The summed E-state index contributed by atoms with van der Waals surface area (Å²) in [6.07, 6.45) is -2.50. The van der Waals surface area contributed by atoms with E-state index in [2.05, 4.69) is 0 Å². The lowest BCUT2D eigenvalue weighted by atomic mass is 9.73. The van der Waals surface area contributed by atoms with E-state index in [9.17, 15) is 39.0 Å². The third-order valence-electron chi connectivity index (χ3n) is 4.34. The maximum Gasteiger partial charge on any atom is 0.314 e. The molecule has 0 aliphatic heterocycles. The van der Waals surface area contributed by atoms with Crippen molar-refractivity contribution in [1.82, 2.24) is 0 Å². The number of carboxylic acids is 4. The Hall–Kier alpha value is -3.56. The number of carbonyl (C=O) groups excluding carboxylic acids is 2. The molecular formula is C19H20O10. The molecule has 0 saturated carbocycles. The first kappa shape index (κ1) is 23.5. The molecule has 0 fully saturated rings. The second-order valence-corrected chi connectivity index (χ2v) is 6.39. The lowest BCUT2D eigenvalue weighted by molar-refractivity contribution is -0.156. The van der Waals surface area contributed by atoms with Crippen molar-refractivity contribution in [3.8, 4) is 0 Å². The van der Waals surface area contributed by atoms with Gasteiger partial charge in [0.05, 0.1) is 0 Å². The molecule has 156 valence electrons. The van der Waals surface area contributed by atoms with E-state index < -0.39 is 66.0 Å². The molecule has 0 amide bonds. The number of carbonyl (C=O) groups is 6. The van der Waals surface area contributed by atoms with Gasteiger partial charge in [-0.2, -0.15) is 0 Å². The van der Waals surface area contributed by atoms with Gasteiger partial charge in [-0.1, -0.05) is 30.3 Å². The van der Waals surface area contributed by atoms with Crippen molar-refractivity contribution in [1.29, 1.82) is 0 Å². The molecule has 0 spiro atoms. The summed E-state index contributed by atoms with van der Waals surface area (Å²) in [6, 6.07) is 8.41. The van der Waals surface area contributed by atoms with Gasteiger partial charge in [-0.05, 0) is 24.3 Å². The zero-order chi connectivity index (χ0) is 22.1. The van der Waals surface area contributed by atoms with E-state index in [1.165, 1.54) is 0 Å². The number of rotatable bonds is 13. The number of aryl methyl sites for hydroxylation is 1. The highest BCUT2D eigenvalue weighted by Gasteiger charge is 2.45. The molecule has 10 heteroatoms. The highest BCUT2D eigenvalue weighted by atomic mass is 16.4. The van der Waals surface area contributed by atoms with Gasteiger partial charge >= 0.3 is 23.9 Å². The maximum atomic E-state index is 12.2. The van der Waals surface area contributed by atoms with E-state index in [-0.39, 0.29) is 12.8 Å². The molecule has 10 nitrogen and oxygen atoms in total. The van der Waals surface area contributed by atoms with Crippen LogP contribution in [0, 0.1) is 17.8 Å². The minimum absolute atomic E-state index is 0.0970. The topological polar surface area (TPSA) is 183 Å². The summed E-state index contributed by atoms with van der Waals surface area (Å²) in [7, 11) is 0. The Morgan fingerprint density at radius 2 is 1.10 bits per heavy atom. The van der Waals surface area contributed by atoms with Gasteiger partial charge in [0, 0.05) is 0 Å². The highest BCUT2D eigenvalue weighted by Crippen LogP contribution is 2.31.